The zero-order valence-corrected chi connectivity index (χ0v) is 8.68. The van der Waals surface area contributed by atoms with Crippen LogP contribution in [-0.2, 0) is 4.74 Å². The molecule has 0 aromatic heterocycles. The summed E-state index contributed by atoms with van der Waals surface area (Å²) >= 11 is 0. The second-order valence-corrected chi connectivity index (χ2v) is 3.13. The predicted octanol–water partition coefficient (Wildman–Crippen LogP) is 0.890. The number of ether oxygens (including phenoxy) is 1. The van der Waals surface area contributed by atoms with Crippen molar-refractivity contribution in [3.8, 4) is 0 Å². The molecule has 0 atom stereocenters. The number of carbonyl (C=O) groups excluding carboxylic acids is 1. The summed E-state index contributed by atoms with van der Waals surface area (Å²) in [5.41, 5.74) is 5.25. The van der Waals surface area contributed by atoms with Crippen LogP contribution >= 0.6 is 0 Å². The standard InChI is InChI=1S/C11H13NO4/c12-6-3-7-16-11(15)9-5-2-1-4-8(9)10(13)14/h1-2,4-5H,3,6-7,12H2,(H,13,14). The molecule has 1 aromatic carbocycles. The molecule has 0 unspecified atom stereocenters. The van der Waals surface area contributed by atoms with Crippen molar-refractivity contribution in [1.29, 1.82) is 0 Å². The molecule has 1 rings (SSSR count). The summed E-state index contributed by atoms with van der Waals surface area (Å²) in [6, 6.07) is 5.93. The highest BCUT2D eigenvalue weighted by Gasteiger charge is 2.16. The smallest absolute Gasteiger partial charge is 0.339 e. The number of aromatic carboxylic acids is 1. The Morgan fingerprint density at radius 2 is 1.88 bits per heavy atom. The number of carbonyl (C=O) groups is 2. The zero-order valence-electron chi connectivity index (χ0n) is 8.68. The molecule has 0 radical (unpaired) electrons. The quantitative estimate of drug-likeness (QED) is 0.571. The van der Waals surface area contributed by atoms with Crippen molar-refractivity contribution in [2.75, 3.05) is 13.2 Å². The van der Waals surface area contributed by atoms with E-state index in [9.17, 15) is 9.59 Å². The molecule has 0 aliphatic rings. The summed E-state index contributed by atoms with van der Waals surface area (Å²) in [5, 5.41) is 8.86. The minimum Gasteiger partial charge on any atom is -0.478 e. The molecule has 86 valence electrons. The van der Waals surface area contributed by atoms with Crippen LogP contribution in [0.5, 0.6) is 0 Å². The molecule has 0 saturated carbocycles. The number of benzene rings is 1. The normalized spacial score (nSPS) is 9.81. The second-order valence-electron chi connectivity index (χ2n) is 3.13. The van der Waals surface area contributed by atoms with Gasteiger partial charge in [0.15, 0.2) is 0 Å². The van der Waals surface area contributed by atoms with Crippen molar-refractivity contribution < 1.29 is 19.4 Å². The lowest BCUT2D eigenvalue weighted by atomic mass is 10.1. The summed E-state index contributed by atoms with van der Waals surface area (Å²) in [6.07, 6.45) is 0.557. The first-order chi connectivity index (χ1) is 7.66. The van der Waals surface area contributed by atoms with Crippen molar-refractivity contribution in [2.45, 2.75) is 6.42 Å². The van der Waals surface area contributed by atoms with Gasteiger partial charge in [-0.3, -0.25) is 0 Å². The summed E-state index contributed by atoms with van der Waals surface area (Å²) in [5.74, 6) is -1.78. The van der Waals surface area contributed by atoms with E-state index in [1.165, 1.54) is 12.1 Å². The molecule has 5 heteroatoms. The molecular weight excluding hydrogens is 210 g/mol. The number of hydrogen-bond donors (Lipinski definition) is 2. The summed E-state index contributed by atoms with van der Waals surface area (Å²) in [7, 11) is 0. The van der Waals surface area contributed by atoms with Crippen LogP contribution in [0.25, 0.3) is 0 Å². The minimum atomic E-state index is -1.15. The summed E-state index contributed by atoms with van der Waals surface area (Å²) in [4.78, 5) is 22.3. The first-order valence-corrected chi connectivity index (χ1v) is 4.86. The number of nitrogens with two attached hydrogens (primary N) is 1. The number of rotatable bonds is 5. The monoisotopic (exact) mass is 223 g/mol. The van der Waals surface area contributed by atoms with E-state index in [2.05, 4.69) is 0 Å². The largest absolute Gasteiger partial charge is 0.478 e. The highest BCUT2D eigenvalue weighted by Crippen LogP contribution is 2.10. The third-order valence-corrected chi connectivity index (χ3v) is 1.96. The van der Waals surface area contributed by atoms with Crippen molar-refractivity contribution in [2.24, 2.45) is 5.73 Å². The molecule has 0 amide bonds. The maximum absolute atomic E-state index is 11.5. The molecule has 0 heterocycles. The van der Waals surface area contributed by atoms with Gasteiger partial charge in [-0.05, 0) is 25.1 Å². The van der Waals surface area contributed by atoms with Gasteiger partial charge in [-0.2, -0.15) is 0 Å². The molecule has 0 aliphatic carbocycles. The Hall–Kier alpha value is -1.88. The van der Waals surface area contributed by atoms with Crippen molar-refractivity contribution in [3.05, 3.63) is 35.4 Å². The Morgan fingerprint density at radius 3 is 2.44 bits per heavy atom. The average molecular weight is 223 g/mol. The average Bonchev–Trinajstić information content (AvgIpc) is 2.29. The number of carboxylic acids is 1. The van der Waals surface area contributed by atoms with Crippen molar-refractivity contribution in [3.63, 3.8) is 0 Å². The number of carboxylic acid groups (broad SMARTS) is 1. The van der Waals surface area contributed by atoms with E-state index in [1.54, 1.807) is 12.1 Å². The fourth-order valence-electron chi connectivity index (χ4n) is 1.17. The third kappa shape index (κ3) is 3.06. The van der Waals surface area contributed by atoms with Crippen LogP contribution in [0, 0.1) is 0 Å². The Morgan fingerprint density at radius 1 is 1.25 bits per heavy atom. The van der Waals surface area contributed by atoms with Crippen molar-refractivity contribution in [1.82, 2.24) is 0 Å². The first kappa shape index (κ1) is 12.2. The van der Waals surface area contributed by atoms with Gasteiger partial charge in [0.05, 0.1) is 17.7 Å². The SMILES string of the molecule is NCCCOC(=O)c1ccccc1C(=O)O. The van der Waals surface area contributed by atoms with E-state index >= 15 is 0 Å². The van der Waals surface area contributed by atoms with E-state index in [0.717, 1.165) is 0 Å². The zero-order chi connectivity index (χ0) is 12.0. The van der Waals surface area contributed by atoms with Crippen LogP contribution in [-0.4, -0.2) is 30.2 Å². The van der Waals surface area contributed by atoms with Crippen LogP contribution < -0.4 is 5.73 Å². The lowest BCUT2D eigenvalue weighted by Gasteiger charge is -2.06. The van der Waals surface area contributed by atoms with Crippen LogP contribution in [0.3, 0.4) is 0 Å². The number of hydrogen-bond acceptors (Lipinski definition) is 4. The summed E-state index contributed by atoms with van der Waals surface area (Å²) in [6.45, 7) is 0.622. The molecule has 0 spiro atoms. The maximum Gasteiger partial charge on any atom is 0.339 e. The molecule has 0 aliphatic heterocycles. The van der Waals surface area contributed by atoms with Gasteiger partial charge in [0.25, 0.3) is 0 Å². The third-order valence-electron chi connectivity index (χ3n) is 1.96. The Labute approximate surface area is 92.8 Å². The van der Waals surface area contributed by atoms with Crippen molar-refractivity contribution >= 4 is 11.9 Å². The lowest BCUT2D eigenvalue weighted by molar-refractivity contribution is 0.0492. The van der Waals surface area contributed by atoms with Gasteiger partial charge in [-0.1, -0.05) is 12.1 Å². The van der Waals surface area contributed by atoms with E-state index in [0.29, 0.717) is 13.0 Å². The highest BCUT2D eigenvalue weighted by atomic mass is 16.5. The summed E-state index contributed by atoms with van der Waals surface area (Å²) < 4.78 is 4.88. The molecule has 3 N–H and O–H groups in total. The Bertz CT molecular complexity index is 389. The molecular formula is C11H13NO4. The van der Waals surface area contributed by atoms with Gasteiger partial charge >= 0.3 is 11.9 Å². The predicted molar refractivity (Wildman–Crippen MR) is 57.4 cm³/mol. The van der Waals surface area contributed by atoms with Gasteiger partial charge in [-0.25, -0.2) is 9.59 Å². The highest BCUT2D eigenvalue weighted by molar-refractivity contribution is 6.02. The fourth-order valence-corrected chi connectivity index (χ4v) is 1.17. The second kappa shape index (κ2) is 5.87. The van der Waals surface area contributed by atoms with Gasteiger partial charge in [0.1, 0.15) is 0 Å². The fraction of sp³-hybridized carbons (Fsp3) is 0.273. The van der Waals surface area contributed by atoms with Gasteiger partial charge in [-0.15, -0.1) is 0 Å². The Balaban J connectivity index is 2.78. The topological polar surface area (TPSA) is 89.6 Å². The molecule has 5 nitrogen and oxygen atoms in total. The maximum atomic E-state index is 11.5. The molecule has 1 aromatic rings. The minimum absolute atomic E-state index is 0.0553. The van der Waals surface area contributed by atoms with Gasteiger partial charge in [0, 0.05) is 0 Å². The van der Waals surface area contributed by atoms with E-state index < -0.39 is 11.9 Å². The van der Waals surface area contributed by atoms with E-state index in [1.807, 2.05) is 0 Å². The molecule has 0 fully saturated rings. The van der Waals surface area contributed by atoms with Crippen LogP contribution in [0.1, 0.15) is 27.1 Å². The van der Waals surface area contributed by atoms with E-state index in [-0.39, 0.29) is 17.7 Å². The first-order valence-electron chi connectivity index (χ1n) is 4.86. The Kier molecular flexibility index (Phi) is 4.47. The van der Waals surface area contributed by atoms with Crippen LogP contribution in [0.2, 0.25) is 0 Å². The van der Waals surface area contributed by atoms with Gasteiger partial charge in [0.2, 0.25) is 0 Å². The number of esters is 1. The molecule has 16 heavy (non-hydrogen) atoms. The lowest BCUT2D eigenvalue weighted by Crippen LogP contribution is -2.13. The molecule has 0 saturated heterocycles. The van der Waals surface area contributed by atoms with Crippen LogP contribution in [0.4, 0.5) is 0 Å². The van der Waals surface area contributed by atoms with E-state index in [4.69, 9.17) is 15.6 Å². The van der Waals surface area contributed by atoms with Gasteiger partial charge < -0.3 is 15.6 Å². The molecule has 0 bridgehead atoms. The van der Waals surface area contributed by atoms with Crippen LogP contribution in [0.15, 0.2) is 24.3 Å².